The van der Waals surface area contributed by atoms with Gasteiger partial charge in [0, 0.05) is 11.8 Å². The van der Waals surface area contributed by atoms with Gasteiger partial charge in [-0.3, -0.25) is 10.1 Å². The van der Waals surface area contributed by atoms with Crippen molar-refractivity contribution < 1.29 is 23.2 Å². The number of carbonyl (C=O) groups is 1. The van der Waals surface area contributed by atoms with Crippen LogP contribution >= 0.6 is 0 Å². The maximum absolute atomic E-state index is 13.2. The molecule has 0 spiro atoms. The summed E-state index contributed by atoms with van der Waals surface area (Å²) in [7, 11) is 0. The minimum Gasteiger partial charge on any atom is -0.461 e. The molecule has 0 amide bonds. The molecule has 0 aliphatic rings. The molecule has 1 aromatic carbocycles. The average Bonchev–Trinajstić information content (AvgIpc) is 2.45. The minimum absolute atomic E-state index is 0.00212. The van der Waals surface area contributed by atoms with E-state index in [0.29, 0.717) is 6.07 Å². The van der Waals surface area contributed by atoms with Crippen molar-refractivity contribution in [1.29, 1.82) is 0 Å². The van der Waals surface area contributed by atoms with Crippen LogP contribution in [0.1, 0.15) is 17.4 Å². The number of esters is 1. The van der Waals surface area contributed by atoms with Crippen LogP contribution in [0.25, 0.3) is 0 Å². The van der Waals surface area contributed by atoms with Gasteiger partial charge in [-0.05, 0) is 19.1 Å². The summed E-state index contributed by atoms with van der Waals surface area (Å²) in [5.41, 5.74) is -1.43. The van der Waals surface area contributed by atoms with Gasteiger partial charge in [0.15, 0.2) is 0 Å². The highest BCUT2D eigenvalue weighted by Crippen LogP contribution is 2.28. The second kappa shape index (κ2) is 6.73. The Bertz CT molecular complexity index is 749. The number of hydrogen-bond acceptors (Lipinski definition) is 7. The summed E-state index contributed by atoms with van der Waals surface area (Å²) in [5, 5.41) is 13.6. The molecule has 120 valence electrons. The quantitative estimate of drug-likeness (QED) is 0.511. The van der Waals surface area contributed by atoms with Crippen LogP contribution in [0.4, 0.5) is 26.0 Å². The van der Waals surface area contributed by atoms with Crippen molar-refractivity contribution in [2.45, 2.75) is 6.92 Å². The lowest BCUT2D eigenvalue weighted by Crippen LogP contribution is -2.13. The van der Waals surface area contributed by atoms with Crippen LogP contribution in [0, 0.1) is 21.7 Å². The molecule has 1 aromatic heterocycles. The number of nitro groups is 1. The molecule has 0 radical (unpaired) electrons. The van der Waals surface area contributed by atoms with Gasteiger partial charge in [-0.25, -0.2) is 23.5 Å². The highest BCUT2D eigenvalue weighted by atomic mass is 19.1. The van der Waals surface area contributed by atoms with Crippen molar-refractivity contribution in [3.8, 4) is 0 Å². The van der Waals surface area contributed by atoms with E-state index in [1.54, 1.807) is 0 Å². The summed E-state index contributed by atoms with van der Waals surface area (Å²) in [6, 6.07) is 2.47. The number of aromatic nitrogens is 2. The van der Waals surface area contributed by atoms with E-state index in [1.165, 1.54) is 6.92 Å². The van der Waals surface area contributed by atoms with Crippen molar-refractivity contribution in [3.05, 3.63) is 52.0 Å². The summed E-state index contributed by atoms with van der Waals surface area (Å²) < 4.78 is 31.0. The van der Waals surface area contributed by atoms with Crippen LogP contribution in [-0.4, -0.2) is 27.5 Å². The van der Waals surface area contributed by atoms with Gasteiger partial charge in [0.1, 0.15) is 18.0 Å². The highest BCUT2D eigenvalue weighted by Gasteiger charge is 2.29. The van der Waals surface area contributed by atoms with Gasteiger partial charge in [-0.15, -0.1) is 0 Å². The largest absolute Gasteiger partial charge is 0.461 e. The molecule has 0 saturated heterocycles. The maximum Gasteiger partial charge on any atom is 0.364 e. The molecule has 0 bridgehead atoms. The number of hydrogen-bond donors (Lipinski definition) is 1. The third kappa shape index (κ3) is 3.73. The number of benzene rings is 1. The number of ether oxygens (including phenoxy) is 1. The number of nitrogens with one attached hydrogen (secondary N) is 1. The zero-order valence-electron chi connectivity index (χ0n) is 11.7. The van der Waals surface area contributed by atoms with E-state index in [-0.39, 0.29) is 12.3 Å². The summed E-state index contributed by atoms with van der Waals surface area (Å²) >= 11 is 0. The van der Waals surface area contributed by atoms with Crippen LogP contribution in [0.3, 0.4) is 0 Å². The molecule has 0 fully saturated rings. The Kier molecular flexibility index (Phi) is 4.74. The molecule has 0 atom stereocenters. The van der Waals surface area contributed by atoms with Gasteiger partial charge in [0.25, 0.3) is 0 Å². The Balaban J connectivity index is 2.47. The molecule has 10 heteroatoms. The third-order valence-electron chi connectivity index (χ3n) is 2.60. The topological polar surface area (TPSA) is 107 Å². The van der Waals surface area contributed by atoms with E-state index in [9.17, 15) is 23.7 Å². The smallest absolute Gasteiger partial charge is 0.364 e. The van der Waals surface area contributed by atoms with Crippen LogP contribution in [0.5, 0.6) is 0 Å². The first-order chi connectivity index (χ1) is 10.9. The maximum atomic E-state index is 13.2. The van der Waals surface area contributed by atoms with Gasteiger partial charge in [-0.1, -0.05) is 0 Å². The van der Waals surface area contributed by atoms with Crippen LogP contribution in [-0.2, 0) is 4.74 Å². The van der Waals surface area contributed by atoms with E-state index in [0.717, 1.165) is 18.5 Å². The van der Waals surface area contributed by atoms with Gasteiger partial charge in [-0.2, -0.15) is 0 Å². The van der Waals surface area contributed by atoms with Crippen LogP contribution < -0.4 is 5.32 Å². The molecule has 0 saturated carbocycles. The molecule has 0 aliphatic carbocycles. The van der Waals surface area contributed by atoms with E-state index in [2.05, 4.69) is 20.0 Å². The van der Waals surface area contributed by atoms with Gasteiger partial charge >= 0.3 is 11.7 Å². The molecule has 1 N–H and O–H groups in total. The van der Waals surface area contributed by atoms with Crippen LogP contribution in [0.2, 0.25) is 0 Å². The molecule has 23 heavy (non-hydrogen) atoms. The SMILES string of the molecule is CCOC(=O)c1ncnc(Nc2cc(F)cc(F)c2)c1[N+](=O)[O-]. The molecule has 0 aliphatic heterocycles. The molecule has 8 nitrogen and oxygen atoms in total. The van der Waals surface area contributed by atoms with Crippen LogP contribution in [0.15, 0.2) is 24.5 Å². The Morgan fingerprint density at radius 2 is 1.96 bits per heavy atom. The van der Waals surface area contributed by atoms with Gasteiger partial charge in [0.05, 0.1) is 11.5 Å². The summed E-state index contributed by atoms with van der Waals surface area (Å²) in [6.07, 6.45) is 0.900. The van der Waals surface area contributed by atoms with E-state index < -0.39 is 39.7 Å². The number of anilines is 2. The average molecular weight is 324 g/mol. The zero-order chi connectivity index (χ0) is 17.0. The number of carbonyl (C=O) groups excluding carboxylic acids is 1. The first-order valence-electron chi connectivity index (χ1n) is 6.32. The van der Waals surface area contributed by atoms with Gasteiger partial charge in [0.2, 0.25) is 11.5 Å². The highest BCUT2D eigenvalue weighted by molar-refractivity contribution is 5.94. The molecule has 2 rings (SSSR count). The van der Waals surface area contributed by atoms with E-state index >= 15 is 0 Å². The Labute approximate surface area is 128 Å². The summed E-state index contributed by atoms with van der Waals surface area (Å²) in [4.78, 5) is 29.2. The van der Waals surface area contributed by atoms with E-state index in [4.69, 9.17) is 0 Å². The summed E-state index contributed by atoms with van der Waals surface area (Å²) in [5.74, 6) is -3.15. The van der Waals surface area contributed by atoms with E-state index in [1.807, 2.05) is 0 Å². The Hall–Kier alpha value is -3.17. The van der Waals surface area contributed by atoms with Gasteiger partial charge < -0.3 is 10.1 Å². The lowest BCUT2D eigenvalue weighted by molar-refractivity contribution is -0.384. The molecule has 1 heterocycles. The Morgan fingerprint density at radius 1 is 1.30 bits per heavy atom. The first kappa shape index (κ1) is 16.2. The zero-order valence-corrected chi connectivity index (χ0v) is 11.7. The monoisotopic (exact) mass is 324 g/mol. The van der Waals surface area contributed by atoms with Crippen molar-refractivity contribution in [2.75, 3.05) is 11.9 Å². The molecule has 2 aromatic rings. The fourth-order valence-corrected chi connectivity index (χ4v) is 1.75. The standard InChI is InChI=1S/C13H10F2N4O4/c1-2-23-13(20)10-11(19(21)22)12(17-6-16-10)18-9-4-7(14)3-8(15)5-9/h3-6H,2H2,1H3,(H,16,17,18). The lowest BCUT2D eigenvalue weighted by Gasteiger charge is -2.08. The van der Waals surface area contributed by atoms with Crippen molar-refractivity contribution in [2.24, 2.45) is 0 Å². The van der Waals surface area contributed by atoms with Crippen molar-refractivity contribution in [3.63, 3.8) is 0 Å². The minimum atomic E-state index is -1.00. The first-order valence-corrected chi connectivity index (χ1v) is 6.32. The fraction of sp³-hybridized carbons (Fsp3) is 0.154. The molecular formula is C13H10F2N4O4. The fourth-order valence-electron chi connectivity index (χ4n) is 1.75. The number of halogens is 2. The predicted octanol–water partition coefficient (Wildman–Crippen LogP) is 2.58. The summed E-state index contributed by atoms with van der Waals surface area (Å²) in [6.45, 7) is 1.53. The molecule has 0 unspecified atom stereocenters. The van der Waals surface area contributed by atoms with Crippen molar-refractivity contribution >= 4 is 23.2 Å². The van der Waals surface area contributed by atoms with Crippen molar-refractivity contribution in [1.82, 2.24) is 9.97 Å². The predicted molar refractivity (Wildman–Crippen MR) is 74.3 cm³/mol. The number of nitrogens with zero attached hydrogens (tertiary/aromatic N) is 3. The lowest BCUT2D eigenvalue weighted by atomic mass is 10.2. The molecular weight excluding hydrogens is 314 g/mol. The normalized spacial score (nSPS) is 10.2. The third-order valence-corrected chi connectivity index (χ3v) is 2.60. The Morgan fingerprint density at radius 3 is 2.52 bits per heavy atom. The second-order valence-corrected chi connectivity index (χ2v) is 4.18. The number of rotatable bonds is 5. The second-order valence-electron chi connectivity index (χ2n) is 4.18.